The first-order valence-electron chi connectivity index (χ1n) is 7.47. The Morgan fingerprint density at radius 3 is 2.29 bits per heavy atom. The zero-order valence-electron chi connectivity index (χ0n) is 13.7. The average molecular weight is 329 g/mol. The Morgan fingerprint density at radius 1 is 0.917 bits per heavy atom. The molecule has 126 valence electrons. The number of benzene rings is 2. The van der Waals surface area contributed by atoms with Gasteiger partial charge in [0.15, 0.2) is 0 Å². The minimum atomic E-state index is -0.548. The highest BCUT2D eigenvalue weighted by Gasteiger charge is 2.21. The van der Waals surface area contributed by atoms with Gasteiger partial charge in [0.1, 0.15) is 6.54 Å². The summed E-state index contributed by atoms with van der Waals surface area (Å²) in [5, 5.41) is 1.72. The Balaban J connectivity index is 2.31. The maximum Gasteiger partial charge on any atom is 0.325 e. The molecule has 0 saturated heterocycles. The van der Waals surface area contributed by atoms with Gasteiger partial charge in [-0.2, -0.15) is 0 Å². The van der Waals surface area contributed by atoms with Gasteiger partial charge in [0.2, 0.25) is 0 Å². The Kier molecular flexibility index (Phi) is 5.89. The zero-order chi connectivity index (χ0) is 17.5. The molecule has 0 aliphatic carbocycles. The number of esters is 2. The molecule has 0 aliphatic rings. The van der Waals surface area contributed by atoms with Crippen molar-refractivity contribution in [1.82, 2.24) is 4.90 Å². The Morgan fingerprint density at radius 2 is 1.58 bits per heavy atom. The molecule has 0 radical (unpaired) electrons. The van der Waals surface area contributed by atoms with Crippen LogP contribution in [0, 0.1) is 0 Å². The third kappa shape index (κ3) is 4.10. The molecule has 0 saturated carbocycles. The van der Waals surface area contributed by atoms with Gasteiger partial charge in [0.25, 0.3) is 5.91 Å². The monoisotopic (exact) mass is 329 g/mol. The number of rotatable bonds is 6. The van der Waals surface area contributed by atoms with E-state index in [0.29, 0.717) is 5.56 Å². The molecule has 2 rings (SSSR count). The van der Waals surface area contributed by atoms with Crippen molar-refractivity contribution in [2.24, 2.45) is 0 Å². The van der Waals surface area contributed by atoms with E-state index in [0.717, 1.165) is 10.8 Å². The van der Waals surface area contributed by atoms with Gasteiger partial charge in [-0.25, -0.2) is 0 Å². The van der Waals surface area contributed by atoms with Crippen LogP contribution in [-0.2, 0) is 19.1 Å². The Hall–Kier alpha value is -2.89. The summed E-state index contributed by atoms with van der Waals surface area (Å²) in [5.41, 5.74) is 0.474. The van der Waals surface area contributed by atoms with Crippen LogP contribution in [0.25, 0.3) is 10.8 Å². The second-order valence-corrected chi connectivity index (χ2v) is 5.16. The van der Waals surface area contributed by atoms with Gasteiger partial charge in [-0.15, -0.1) is 0 Å². The van der Waals surface area contributed by atoms with Crippen molar-refractivity contribution in [3.63, 3.8) is 0 Å². The molecule has 6 heteroatoms. The van der Waals surface area contributed by atoms with E-state index in [1.807, 2.05) is 30.3 Å². The normalized spacial score (nSPS) is 10.2. The molecule has 0 bridgehead atoms. The number of carbonyl (C=O) groups excluding carboxylic acids is 3. The maximum atomic E-state index is 12.9. The van der Waals surface area contributed by atoms with Gasteiger partial charge in [-0.1, -0.05) is 36.4 Å². The predicted octanol–water partition coefficient (Wildman–Crippen LogP) is 2.02. The standard InChI is InChI=1S/C18H19NO5/c1-23-16(20)10-11-19(12-17(21)24-2)18(22)15-9-5-7-13-6-3-4-8-14(13)15/h3-9H,10-12H2,1-2H3. The molecule has 0 heterocycles. The molecule has 0 fully saturated rings. The van der Waals surface area contributed by atoms with Crippen LogP contribution in [0.5, 0.6) is 0 Å². The van der Waals surface area contributed by atoms with Gasteiger partial charge in [0, 0.05) is 12.1 Å². The van der Waals surface area contributed by atoms with Crippen molar-refractivity contribution < 1.29 is 23.9 Å². The molecule has 6 nitrogen and oxygen atoms in total. The van der Waals surface area contributed by atoms with Crippen molar-refractivity contribution in [2.45, 2.75) is 6.42 Å². The quantitative estimate of drug-likeness (QED) is 0.758. The summed E-state index contributed by atoms with van der Waals surface area (Å²) in [6, 6.07) is 12.9. The summed E-state index contributed by atoms with van der Waals surface area (Å²) in [6.45, 7) is -0.153. The molecule has 0 aliphatic heterocycles. The smallest absolute Gasteiger partial charge is 0.325 e. The lowest BCUT2D eigenvalue weighted by Gasteiger charge is -2.21. The van der Waals surface area contributed by atoms with E-state index in [2.05, 4.69) is 9.47 Å². The molecule has 0 atom stereocenters. The largest absolute Gasteiger partial charge is 0.469 e. The SMILES string of the molecule is COC(=O)CCN(CC(=O)OC)C(=O)c1cccc2ccccc12. The van der Waals surface area contributed by atoms with Gasteiger partial charge in [0.05, 0.1) is 20.6 Å². The topological polar surface area (TPSA) is 72.9 Å². The molecule has 1 amide bonds. The van der Waals surface area contributed by atoms with Crippen LogP contribution in [0.4, 0.5) is 0 Å². The molecule has 2 aromatic carbocycles. The van der Waals surface area contributed by atoms with E-state index in [-0.39, 0.29) is 25.4 Å². The van der Waals surface area contributed by atoms with Crippen LogP contribution in [0.15, 0.2) is 42.5 Å². The lowest BCUT2D eigenvalue weighted by molar-refractivity contribution is -0.143. The number of nitrogens with zero attached hydrogens (tertiary/aromatic N) is 1. The molecule has 2 aromatic rings. The minimum Gasteiger partial charge on any atom is -0.469 e. The summed E-state index contributed by atoms with van der Waals surface area (Å²) < 4.78 is 9.23. The van der Waals surface area contributed by atoms with Crippen LogP contribution < -0.4 is 0 Å². The van der Waals surface area contributed by atoms with E-state index in [1.54, 1.807) is 12.1 Å². The van der Waals surface area contributed by atoms with E-state index in [1.165, 1.54) is 19.1 Å². The number of ether oxygens (including phenoxy) is 2. The summed E-state index contributed by atoms with van der Waals surface area (Å²) in [5.74, 6) is -1.33. The molecular weight excluding hydrogens is 310 g/mol. The number of amides is 1. The van der Waals surface area contributed by atoms with Crippen molar-refractivity contribution in [2.75, 3.05) is 27.3 Å². The third-order valence-electron chi connectivity index (χ3n) is 3.67. The summed E-state index contributed by atoms with van der Waals surface area (Å²) in [4.78, 5) is 37.1. The van der Waals surface area contributed by atoms with Crippen LogP contribution in [-0.4, -0.2) is 50.1 Å². The van der Waals surface area contributed by atoms with Gasteiger partial charge in [-0.05, 0) is 16.8 Å². The van der Waals surface area contributed by atoms with Crippen LogP contribution >= 0.6 is 0 Å². The second kappa shape index (κ2) is 8.10. The first-order chi connectivity index (χ1) is 11.6. The van der Waals surface area contributed by atoms with Crippen LogP contribution in [0.3, 0.4) is 0 Å². The number of hydrogen-bond acceptors (Lipinski definition) is 5. The number of methoxy groups -OCH3 is 2. The Bertz CT molecular complexity index is 751. The van der Waals surface area contributed by atoms with Gasteiger partial charge < -0.3 is 14.4 Å². The fourth-order valence-corrected chi connectivity index (χ4v) is 2.38. The lowest BCUT2D eigenvalue weighted by Crippen LogP contribution is -2.38. The van der Waals surface area contributed by atoms with E-state index in [9.17, 15) is 14.4 Å². The molecule has 0 aromatic heterocycles. The fraction of sp³-hybridized carbons (Fsp3) is 0.278. The van der Waals surface area contributed by atoms with Crippen LogP contribution in [0.1, 0.15) is 16.8 Å². The van der Waals surface area contributed by atoms with Crippen molar-refractivity contribution in [1.29, 1.82) is 0 Å². The number of hydrogen-bond donors (Lipinski definition) is 0. The predicted molar refractivity (Wildman–Crippen MR) is 88.5 cm³/mol. The highest BCUT2D eigenvalue weighted by Crippen LogP contribution is 2.20. The highest BCUT2D eigenvalue weighted by molar-refractivity contribution is 6.07. The molecule has 0 N–H and O–H groups in total. The molecule has 0 unspecified atom stereocenters. The number of fused-ring (bicyclic) bond motifs is 1. The number of carbonyl (C=O) groups is 3. The van der Waals surface area contributed by atoms with E-state index in [4.69, 9.17) is 0 Å². The van der Waals surface area contributed by atoms with Crippen molar-refractivity contribution in [3.05, 3.63) is 48.0 Å². The lowest BCUT2D eigenvalue weighted by atomic mass is 10.0. The zero-order valence-corrected chi connectivity index (χ0v) is 13.7. The minimum absolute atomic E-state index is 0.00397. The van der Waals surface area contributed by atoms with E-state index < -0.39 is 11.9 Å². The first-order valence-corrected chi connectivity index (χ1v) is 7.47. The van der Waals surface area contributed by atoms with Gasteiger partial charge >= 0.3 is 11.9 Å². The highest BCUT2D eigenvalue weighted by atomic mass is 16.5. The van der Waals surface area contributed by atoms with Gasteiger partial charge in [-0.3, -0.25) is 14.4 Å². The summed E-state index contributed by atoms with van der Waals surface area (Å²) in [6.07, 6.45) is 0.00397. The molecule has 24 heavy (non-hydrogen) atoms. The van der Waals surface area contributed by atoms with E-state index >= 15 is 0 Å². The summed E-state index contributed by atoms with van der Waals surface area (Å²) >= 11 is 0. The van der Waals surface area contributed by atoms with Crippen molar-refractivity contribution >= 4 is 28.6 Å². The summed E-state index contributed by atoms with van der Waals surface area (Å²) in [7, 11) is 2.53. The van der Waals surface area contributed by atoms with Crippen molar-refractivity contribution in [3.8, 4) is 0 Å². The second-order valence-electron chi connectivity index (χ2n) is 5.16. The third-order valence-corrected chi connectivity index (χ3v) is 3.67. The maximum absolute atomic E-state index is 12.9. The molecular formula is C18H19NO5. The Labute approximate surface area is 140 Å². The first kappa shape index (κ1) is 17.5. The van der Waals surface area contributed by atoms with Crippen LogP contribution in [0.2, 0.25) is 0 Å². The average Bonchev–Trinajstić information content (AvgIpc) is 2.63. The fourth-order valence-electron chi connectivity index (χ4n) is 2.38. The molecule has 0 spiro atoms.